The Labute approximate surface area is 771 Å². The maximum absolute atomic E-state index is 5.37. The van der Waals surface area contributed by atoms with E-state index in [0.717, 1.165) is 90.6 Å². The van der Waals surface area contributed by atoms with Gasteiger partial charge in [-0.15, -0.1) is 0 Å². The second-order valence-corrected chi connectivity index (χ2v) is 37.4. The maximum Gasteiger partial charge on any atom is 0.160 e. The molecule has 6 aliphatic rings. The van der Waals surface area contributed by atoms with Crippen molar-refractivity contribution in [2.45, 2.75) is 75.5 Å². The van der Waals surface area contributed by atoms with E-state index in [9.17, 15) is 0 Å². The first-order valence-corrected chi connectivity index (χ1v) is 46.0. The number of benzene rings is 17. The van der Waals surface area contributed by atoms with E-state index in [0.29, 0.717) is 0 Å². The van der Waals surface area contributed by atoms with Crippen molar-refractivity contribution in [2.75, 3.05) is 0 Å². The minimum atomic E-state index is -0.107. The van der Waals surface area contributed by atoms with Gasteiger partial charge in [-0.1, -0.05) is 424 Å². The van der Waals surface area contributed by atoms with Gasteiger partial charge >= 0.3 is 0 Å². The van der Waals surface area contributed by atoms with Crippen LogP contribution in [0.25, 0.3) is 157 Å². The Bertz CT molecular complexity index is 7790. The number of hydrogen-bond donors (Lipinski definition) is 0. The minimum Gasteiger partial charge on any atom is -0.232 e. The second kappa shape index (κ2) is 31.7. The Kier molecular flexibility index (Phi) is 19.1. The van der Waals surface area contributed by atoms with Gasteiger partial charge in [-0.3, -0.25) is 0 Å². The van der Waals surface area contributed by atoms with Crippen molar-refractivity contribution >= 4 is 0 Å². The highest BCUT2D eigenvalue weighted by Crippen LogP contribution is 2.60. The van der Waals surface area contributed by atoms with Crippen LogP contribution < -0.4 is 0 Å². The highest BCUT2D eigenvalue weighted by atomic mass is 14.9. The van der Waals surface area contributed by atoms with Crippen molar-refractivity contribution < 1.29 is 0 Å². The SMILES string of the molecule is CC1(C)c2ccccc2-c2cc3c(cc21)C(c1cccc(-c2nc(-c4ccccc4)cc(-c4ccccc4)n2)c1)c1ccccc1-3.CC1(C)c2ccccc2-c2cc3c(cc21)C(c1nc(-c2ccccc2)cc(-c2ccccc2)n1)c1cc(-c2ccccc2)ccc1-3.CC1(C)c2ccccc2-c2cc3c(cc21)C(c1nc(-c2ccccc2)cc(-c2ccccc2)n1)c1ccccc1-3. The Morgan fingerprint density at radius 2 is 0.432 bits per heavy atom. The largest absolute Gasteiger partial charge is 0.232 e. The predicted molar refractivity (Wildman–Crippen MR) is 541 cm³/mol. The number of hydrogen-bond acceptors (Lipinski definition) is 6. The van der Waals surface area contributed by atoms with Crippen LogP contribution in [0.2, 0.25) is 0 Å². The molecule has 3 unspecified atom stereocenters. The van der Waals surface area contributed by atoms with E-state index < -0.39 is 0 Å². The van der Waals surface area contributed by atoms with Crippen LogP contribution in [-0.2, 0) is 16.2 Å². The quantitative estimate of drug-likeness (QED) is 0.128. The van der Waals surface area contributed by atoms with Crippen LogP contribution in [0.4, 0.5) is 0 Å². The molecule has 0 spiro atoms. The molecule has 3 heterocycles. The van der Waals surface area contributed by atoms with Gasteiger partial charge in [-0.2, -0.15) is 0 Å². The molecule has 17 aromatic carbocycles. The molecule has 26 rings (SSSR count). The molecular weight excluding hydrogens is 1600 g/mol. The van der Waals surface area contributed by atoms with Crippen LogP contribution in [0.3, 0.4) is 0 Å². The van der Waals surface area contributed by atoms with Gasteiger partial charge < -0.3 is 0 Å². The van der Waals surface area contributed by atoms with Gasteiger partial charge in [0.05, 0.1) is 46.0 Å². The van der Waals surface area contributed by atoms with Gasteiger partial charge in [0.2, 0.25) is 0 Å². The summed E-state index contributed by atoms with van der Waals surface area (Å²) in [5, 5.41) is 0. The smallest absolute Gasteiger partial charge is 0.160 e. The molecule has 20 aromatic rings. The molecule has 0 amide bonds. The topological polar surface area (TPSA) is 77.3 Å². The molecule has 0 fully saturated rings. The van der Waals surface area contributed by atoms with E-state index >= 15 is 0 Å². The van der Waals surface area contributed by atoms with E-state index in [1.807, 2.05) is 24.3 Å². The molecule has 0 N–H and O–H groups in total. The molecule has 0 bridgehead atoms. The number of fused-ring (bicyclic) bond motifs is 18. The summed E-state index contributed by atoms with van der Waals surface area (Å²) in [7, 11) is 0. The molecule has 0 saturated carbocycles. The zero-order chi connectivity index (χ0) is 88.5. The molecule has 6 nitrogen and oxygen atoms in total. The van der Waals surface area contributed by atoms with Gasteiger partial charge in [-0.25, -0.2) is 29.9 Å². The molecule has 3 aromatic heterocycles. The van der Waals surface area contributed by atoms with Crippen LogP contribution in [0.1, 0.15) is 143 Å². The third kappa shape index (κ3) is 13.4. The van der Waals surface area contributed by atoms with Crippen molar-refractivity contribution in [2.24, 2.45) is 0 Å². The Hall–Kier alpha value is -16.0. The zero-order valence-electron chi connectivity index (χ0n) is 74.4. The molecular formula is C126H92N6. The first kappa shape index (κ1) is 79.4. The van der Waals surface area contributed by atoms with Crippen molar-refractivity contribution in [3.05, 3.63) is 515 Å². The van der Waals surface area contributed by atoms with Crippen LogP contribution >= 0.6 is 0 Å². The number of rotatable bonds is 11. The average molecular weight is 1690 g/mol. The maximum atomic E-state index is 5.37. The summed E-state index contributed by atoms with van der Waals surface area (Å²) in [6, 6.07) is 155. The van der Waals surface area contributed by atoms with Gasteiger partial charge in [0.25, 0.3) is 0 Å². The normalized spacial score (nSPS) is 15.3. The van der Waals surface area contributed by atoms with Gasteiger partial charge in [0, 0.05) is 61.1 Å². The zero-order valence-corrected chi connectivity index (χ0v) is 74.4. The molecule has 0 radical (unpaired) electrons. The molecule has 626 valence electrons. The molecule has 0 saturated heterocycles. The Morgan fingerprint density at radius 3 is 0.795 bits per heavy atom. The van der Waals surface area contributed by atoms with Crippen LogP contribution in [0.15, 0.2) is 431 Å². The van der Waals surface area contributed by atoms with Crippen LogP contribution in [-0.4, -0.2) is 29.9 Å². The van der Waals surface area contributed by atoms with E-state index in [1.54, 1.807) is 0 Å². The predicted octanol–water partition coefficient (Wildman–Crippen LogP) is 31.2. The van der Waals surface area contributed by atoms with Gasteiger partial charge in [0.1, 0.15) is 11.6 Å². The lowest BCUT2D eigenvalue weighted by Gasteiger charge is -2.23. The fourth-order valence-corrected chi connectivity index (χ4v) is 22.1. The lowest BCUT2D eigenvalue weighted by atomic mass is 9.80. The summed E-state index contributed by atoms with van der Waals surface area (Å²) in [6.45, 7) is 14.1. The van der Waals surface area contributed by atoms with E-state index in [1.165, 1.54) is 150 Å². The lowest BCUT2D eigenvalue weighted by Crippen LogP contribution is -2.15. The third-order valence-electron chi connectivity index (χ3n) is 28.7. The summed E-state index contributed by atoms with van der Waals surface area (Å²) < 4.78 is 0. The first-order valence-electron chi connectivity index (χ1n) is 46.0. The summed E-state index contributed by atoms with van der Waals surface area (Å²) in [6.07, 6.45) is 0. The summed E-state index contributed by atoms with van der Waals surface area (Å²) in [5.74, 6) is 2.39. The molecule has 0 aliphatic heterocycles. The first-order chi connectivity index (χ1) is 64.7. The Morgan fingerprint density at radius 1 is 0.159 bits per heavy atom. The van der Waals surface area contributed by atoms with Crippen LogP contribution in [0.5, 0.6) is 0 Å². The highest BCUT2D eigenvalue weighted by molar-refractivity contribution is 5.95. The highest BCUT2D eigenvalue weighted by Gasteiger charge is 2.45. The monoisotopic (exact) mass is 1690 g/mol. The molecule has 132 heavy (non-hydrogen) atoms. The fraction of sp³-hybridized carbons (Fsp3) is 0.0952. The molecule has 6 heteroatoms. The van der Waals surface area contributed by atoms with E-state index in [2.05, 4.69) is 448 Å². The van der Waals surface area contributed by atoms with Gasteiger partial charge in [0.15, 0.2) is 5.82 Å². The minimum absolute atomic E-state index is 0.0397. The molecule has 3 atom stereocenters. The van der Waals surface area contributed by atoms with Crippen molar-refractivity contribution in [3.63, 3.8) is 0 Å². The second-order valence-electron chi connectivity index (χ2n) is 37.4. The van der Waals surface area contributed by atoms with Crippen molar-refractivity contribution in [1.82, 2.24) is 29.9 Å². The average Bonchev–Trinajstić information content (AvgIpc) is 1.56. The third-order valence-corrected chi connectivity index (χ3v) is 28.7. The lowest BCUT2D eigenvalue weighted by molar-refractivity contribution is 0.658. The van der Waals surface area contributed by atoms with E-state index in [4.69, 9.17) is 29.9 Å². The van der Waals surface area contributed by atoms with Crippen molar-refractivity contribution in [3.8, 4) is 157 Å². The van der Waals surface area contributed by atoms with Crippen molar-refractivity contribution in [1.29, 1.82) is 0 Å². The summed E-state index contributed by atoms with van der Waals surface area (Å²) in [5.41, 5.74) is 48.7. The summed E-state index contributed by atoms with van der Waals surface area (Å²) in [4.78, 5) is 31.5. The summed E-state index contributed by atoms with van der Waals surface area (Å²) >= 11 is 0. The fourth-order valence-electron chi connectivity index (χ4n) is 22.1. The Balaban J connectivity index is 0.000000110. The van der Waals surface area contributed by atoms with Gasteiger partial charge in [-0.05, 0) is 199 Å². The number of nitrogens with zero attached hydrogens (tertiary/aromatic N) is 6. The molecule has 6 aliphatic carbocycles. The van der Waals surface area contributed by atoms with E-state index in [-0.39, 0.29) is 34.0 Å². The standard InChI is InChI=1S/2C44H32N2.C38H28N2/c1-44(2)38-21-13-12-20-33(38)35-25-34-32-23-22-31(28-14-6-3-7-15-28)24-36(32)42(37(34)26-39(35)44)43-45-40(29-16-8-4-9-17-29)27-41(46-43)30-18-10-5-11-19-30;1-44(2)38-23-12-11-21-33(38)36-25-35-32-20-9-10-22-34(32)42(37(35)26-39(36)44)30-18-13-19-31(24-30)43-45-40(28-14-5-3-6-15-28)27-41(46-43)29-16-7-4-8-17-29;1-38(2)32-20-12-11-18-27(32)30-21-29-26-17-9-10-19-28(26)36(31(29)22-33(30)38)37-39-34(24-13-5-3-6-14-24)23-35(40-37)25-15-7-4-8-16-25/h2*3-27,42H,1-2H3;3-23,36H,1-2H3. The number of aromatic nitrogens is 6. The van der Waals surface area contributed by atoms with Crippen LogP contribution in [0, 0.1) is 0 Å².